The lowest BCUT2D eigenvalue weighted by Crippen LogP contribution is -2.35. The molecule has 1 unspecified atom stereocenters. The van der Waals surface area contributed by atoms with Gasteiger partial charge in [-0.25, -0.2) is 0 Å². The van der Waals surface area contributed by atoms with Gasteiger partial charge in [-0.3, -0.25) is 19.3 Å². The molecule has 18 heavy (non-hydrogen) atoms. The lowest BCUT2D eigenvalue weighted by molar-refractivity contribution is -0.138. The van der Waals surface area contributed by atoms with Crippen molar-refractivity contribution >= 4 is 33.5 Å². The van der Waals surface area contributed by atoms with Crippen molar-refractivity contribution in [3.8, 4) is 0 Å². The van der Waals surface area contributed by atoms with Crippen LogP contribution in [-0.2, 0) is 9.59 Å². The number of hydrogen-bond donors (Lipinski definition) is 0. The third kappa shape index (κ3) is 2.51. The summed E-state index contributed by atoms with van der Waals surface area (Å²) in [6.45, 7) is 1.54. The Kier molecular flexibility index (Phi) is 3.61. The Morgan fingerprint density at radius 2 is 1.94 bits per heavy atom. The van der Waals surface area contributed by atoms with E-state index in [0.717, 1.165) is 9.37 Å². The number of halogens is 1. The Balaban J connectivity index is 2.10. The van der Waals surface area contributed by atoms with Crippen LogP contribution in [0.5, 0.6) is 0 Å². The molecule has 1 heterocycles. The Hall–Kier alpha value is -1.49. The van der Waals surface area contributed by atoms with Crippen molar-refractivity contribution in [1.82, 2.24) is 4.90 Å². The van der Waals surface area contributed by atoms with Crippen molar-refractivity contribution in [2.75, 3.05) is 6.54 Å². The Bertz CT molecular complexity index is 509. The summed E-state index contributed by atoms with van der Waals surface area (Å²) in [5.41, 5.74) is 0.498. The molecule has 2 amide bonds. The van der Waals surface area contributed by atoms with Gasteiger partial charge in [0.1, 0.15) is 0 Å². The highest BCUT2D eigenvalue weighted by Gasteiger charge is 2.36. The lowest BCUT2D eigenvalue weighted by atomic mass is 10.1. The van der Waals surface area contributed by atoms with E-state index in [-0.39, 0.29) is 36.5 Å². The standard InChI is InChI=1S/C13H12BrNO3/c1-8-6-12(17)15(13(8)18)7-11(16)9-2-4-10(14)5-3-9/h2-5,8H,6-7H2,1H3. The fraction of sp³-hybridized carbons (Fsp3) is 0.308. The average Bonchev–Trinajstić information content (AvgIpc) is 2.57. The molecular weight excluding hydrogens is 298 g/mol. The highest BCUT2D eigenvalue weighted by Crippen LogP contribution is 2.19. The molecule has 0 spiro atoms. The molecule has 0 bridgehead atoms. The van der Waals surface area contributed by atoms with Crippen molar-refractivity contribution in [2.24, 2.45) is 5.92 Å². The number of carbonyl (C=O) groups excluding carboxylic acids is 3. The quantitative estimate of drug-likeness (QED) is 0.634. The van der Waals surface area contributed by atoms with E-state index < -0.39 is 0 Å². The molecule has 2 rings (SSSR count). The van der Waals surface area contributed by atoms with Gasteiger partial charge < -0.3 is 0 Å². The Morgan fingerprint density at radius 3 is 2.44 bits per heavy atom. The number of benzene rings is 1. The van der Waals surface area contributed by atoms with Gasteiger partial charge in [-0.2, -0.15) is 0 Å². The largest absolute Gasteiger partial charge is 0.292 e. The maximum Gasteiger partial charge on any atom is 0.232 e. The third-order valence-electron chi connectivity index (χ3n) is 2.94. The van der Waals surface area contributed by atoms with Crippen LogP contribution in [0.2, 0.25) is 0 Å². The molecule has 1 aliphatic heterocycles. The summed E-state index contributed by atoms with van der Waals surface area (Å²) in [6, 6.07) is 6.84. The number of amides is 2. The minimum atomic E-state index is -0.310. The third-order valence-corrected chi connectivity index (χ3v) is 3.47. The first-order chi connectivity index (χ1) is 8.49. The Labute approximate surface area is 113 Å². The zero-order valence-corrected chi connectivity index (χ0v) is 11.4. The molecule has 1 saturated heterocycles. The number of ketones is 1. The van der Waals surface area contributed by atoms with Gasteiger partial charge in [0, 0.05) is 22.4 Å². The topological polar surface area (TPSA) is 54.5 Å². The number of likely N-dealkylation sites (tertiary alicyclic amines) is 1. The molecule has 0 radical (unpaired) electrons. The molecule has 0 aliphatic carbocycles. The van der Waals surface area contributed by atoms with Crippen LogP contribution in [0.4, 0.5) is 0 Å². The average molecular weight is 310 g/mol. The second-order valence-corrected chi connectivity index (χ2v) is 5.27. The summed E-state index contributed by atoms with van der Waals surface area (Å²) in [6.07, 6.45) is 0.201. The van der Waals surface area contributed by atoms with Crippen LogP contribution < -0.4 is 0 Å². The van der Waals surface area contributed by atoms with Gasteiger partial charge in [-0.05, 0) is 12.1 Å². The first-order valence-electron chi connectivity index (χ1n) is 5.62. The first kappa shape index (κ1) is 13.0. The molecule has 0 aromatic heterocycles. The number of hydrogen-bond acceptors (Lipinski definition) is 3. The predicted molar refractivity (Wildman–Crippen MR) is 69.0 cm³/mol. The van der Waals surface area contributed by atoms with E-state index in [2.05, 4.69) is 15.9 Å². The van der Waals surface area contributed by atoms with Crippen LogP contribution in [0.1, 0.15) is 23.7 Å². The van der Waals surface area contributed by atoms with Crippen LogP contribution in [0.25, 0.3) is 0 Å². The number of rotatable bonds is 3. The van der Waals surface area contributed by atoms with Gasteiger partial charge in [0.05, 0.1) is 6.54 Å². The predicted octanol–water partition coefficient (Wildman–Crippen LogP) is 2.03. The Morgan fingerprint density at radius 1 is 1.33 bits per heavy atom. The number of carbonyl (C=O) groups is 3. The van der Waals surface area contributed by atoms with Gasteiger partial charge in [0.25, 0.3) is 0 Å². The minimum Gasteiger partial charge on any atom is -0.292 e. The molecule has 94 valence electrons. The molecule has 0 N–H and O–H groups in total. The molecule has 4 nitrogen and oxygen atoms in total. The molecular formula is C13H12BrNO3. The van der Waals surface area contributed by atoms with E-state index in [1.807, 2.05) is 0 Å². The normalized spacial score (nSPS) is 19.4. The highest BCUT2D eigenvalue weighted by atomic mass is 79.9. The van der Waals surface area contributed by atoms with Crippen molar-refractivity contribution < 1.29 is 14.4 Å². The first-order valence-corrected chi connectivity index (χ1v) is 6.41. The number of imide groups is 1. The van der Waals surface area contributed by atoms with E-state index >= 15 is 0 Å². The summed E-state index contributed by atoms with van der Waals surface area (Å²) >= 11 is 3.28. The maximum absolute atomic E-state index is 11.9. The van der Waals surface area contributed by atoms with Gasteiger partial charge >= 0.3 is 0 Å². The highest BCUT2D eigenvalue weighted by molar-refractivity contribution is 9.10. The zero-order chi connectivity index (χ0) is 13.3. The minimum absolute atomic E-state index is 0.163. The fourth-order valence-corrected chi connectivity index (χ4v) is 2.15. The summed E-state index contributed by atoms with van der Waals surface area (Å²) < 4.78 is 0.876. The van der Waals surface area contributed by atoms with E-state index in [1.54, 1.807) is 31.2 Å². The SMILES string of the molecule is CC1CC(=O)N(CC(=O)c2ccc(Br)cc2)C1=O. The van der Waals surface area contributed by atoms with Crippen molar-refractivity contribution in [3.63, 3.8) is 0 Å². The van der Waals surface area contributed by atoms with Crippen LogP contribution in [0, 0.1) is 5.92 Å². The number of Topliss-reactive ketones (excluding diaryl/α,β-unsaturated/α-hetero) is 1. The monoisotopic (exact) mass is 309 g/mol. The molecule has 1 aromatic carbocycles. The molecule has 1 atom stereocenters. The number of nitrogens with zero attached hydrogens (tertiary/aromatic N) is 1. The van der Waals surface area contributed by atoms with Crippen molar-refractivity contribution in [3.05, 3.63) is 34.3 Å². The van der Waals surface area contributed by atoms with E-state index in [9.17, 15) is 14.4 Å². The summed E-state index contributed by atoms with van der Waals surface area (Å²) in [5, 5.41) is 0. The maximum atomic E-state index is 11.9. The van der Waals surface area contributed by atoms with Crippen molar-refractivity contribution in [1.29, 1.82) is 0 Å². The van der Waals surface area contributed by atoms with Crippen LogP contribution in [0.3, 0.4) is 0 Å². The van der Waals surface area contributed by atoms with Gasteiger partial charge in [-0.15, -0.1) is 0 Å². The molecule has 1 aliphatic rings. The van der Waals surface area contributed by atoms with Crippen LogP contribution in [0.15, 0.2) is 28.7 Å². The van der Waals surface area contributed by atoms with Gasteiger partial charge in [0.2, 0.25) is 11.8 Å². The summed E-state index contributed by atoms with van der Waals surface area (Å²) in [7, 11) is 0. The van der Waals surface area contributed by atoms with Crippen LogP contribution in [-0.4, -0.2) is 29.0 Å². The second-order valence-electron chi connectivity index (χ2n) is 4.35. The zero-order valence-electron chi connectivity index (χ0n) is 9.85. The molecule has 1 aromatic rings. The molecule has 1 fully saturated rings. The van der Waals surface area contributed by atoms with E-state index in [4.69, 9.17) is 0 Å². The van der Waals surface area contributed by atoms with Crippen molar-refractivity contribution in [2.45, 2.75) is 13.3 Å². The van der Waals surface area contributed by atoms with Gasteiger partial charge in [0.15, 0.2) is 5.78 Å². The summed E-state index contributed by atoms with van der Waals surface area (Å²) in [4.78, 5) is 36.2. The lowest BCUT2D eigenvalue weighted by Gasteiger charge is -2.13. The van der Waals surface area contributed by atoms with E-state index in [0.29, 0.717) is 5.56 Å². The molecule has 5 heteroatoms. The molecule has 0 saturated carbocycles. The smallest absolute Gasteiger partial charge is 0.232 e. The van der Waals surface area contributed by atoms with Gasteiger partial charge in [-0.1, -0.05) is 35.0 Å². The van der Waals surface area contributed by atoms with E-state index in [1.165, 1.54) is 0 Å². The fourth-order valence-electron chi connectivity index (χ4n) is 1.89. The summed E-state index contributed by atoms with van der Waals surface area (Å²) in [5.74, 6) is -1.06. The second kappa shape index (κ2) is 5.02. The van der Waals surface area contributed by atoms with Crippen LogP contribution >= 0.6 is 15.9 Å².